The fourth-order valence-corrected chi connectivity index (χ4v) is 2.96. The highest BCUT2D eigenvalue weighted by molar-refractivity contribution is 5.98. The van der Waals surface area contributed by atoms with E-state index in [4.69, 9.17) is 16.9 Å². The number of nitrogens with zero attached hydrogens (tertiary/aromatic N) is 1. The van der Waals surface area contributed by atoms with Gasteiger partial charge in [-0.2, -0.15) is 0 Å². The number of anilines is 1. The van der Waals surface area contributed by atoms with E-state index in [1.807, 2.05) is 12.1 Å². The van der Waals surface area contributed by atoms with E-state index in [2.05, 4.69) is 5.32 Å². The average molecular weight is 351 g/mol. The zero-order chi connectivity index (χ0) is 18.7. The normalized spacial score (nSPS) is 16.5. The Kier molecular flexibility index (Phi) is 4.88. The molecule has 1 atom stereocenters. The topological polar surface area (TPSA) is 125 Å². The summed E-state index contributed by atoms with van der Waals surface area (Å²) in [6, 6.07) is 13.3. The first-order chi connectivity index (χ1) is 12.4. The molecule has 26 heavy (non-hydrogen) atoms. The van der Waals surface area contributed by atoms with Gasteiger partial charge in [0, 0.05) is 29.9 Å². The van der Waals surface area contributed by atoms with Gasteiger partial charge in [-0.05, 0) is 42.3 Å². The second-order valence-corrected chi connectivity index (χ2v) is 6.31. The number of nitrogens with one attached hydrogen (secondary N) is 2. The van der Waals surface area contributed by atoms with E-state index in [1.54, 1.807) is 41.3 Å². The van der Waals surface area contributed by atoms with Crippen LogP contribution in [-0.4, -0.2) is 35.1 Å². The fraction of sp³-hybridized carbons (Fsp3) is 0.211. The summed E-state index contributed by atoms with van der Waals surface area (Å²) in [6.45, 7) is 0.990. The summed E-state index contributed by atoms with van der Waals surface area (Å²) in [5.41, 5.74) is 13.7. The van der Waals surface area contributed by atoms with Gasteiger partial charge < -0.3 is 21.7 Å². The maximum atomic E-state index is 12.6. The Morgan fingerprint density at radius 1 is 1.19 bits per heavy atom. The molecule has 0 bridgehead atoms. The molecule has 1 aliphatic rings. The molecule has 1 heterocycles. The Morgan fingerprint density at radius 3 is 2.62 bits per heavy atom. The minimum absolute atomic E-state index is 0.00626. The van der Waals surface area contributed by atoms with Crippen LogP contribution in [0.25, 0.3) is 0 Å². The van der Waals surface area contributed by atoms with E-state index < -0.39 is 6.04 Å². The third kappa shape index (κ3) is 3.83. The molecule has 7 nitrogen and oxygen atoms in total. The van der Waals surface area contributed by atoms with Gasteiger partial charge in [-0.25, -0.2) is 0 Å². The second-order valence-electron chi connectivity index (χ2n) is 6.31. The minimum atomic E-state index is -0.531. The Bertz CT molecular complexity index is 847. The van der Waals surface area contributed by atoms with E-state index in [-0.39, 0.29) is 17.6 Å². The van der Waals surface area contributed by atoms with E-state index in [0.717, 1.165) is 5.56 Å². The Morgan fingerprint density at radius 2 is 1.92 bits per heavy atom. The molecule has 0 aromatic heterocycles. The van der Waals surface area contributed by atoms with Crippen molar-refractivity contribution in [2.75, 3.05) is 12.3 Å². The van der Waals surface area contributed by atoms with E-state index in [1.165, 1.54) is 0 Å². The van der Waals surface area contributed by atoms with Crippen molar-refractivity contribution in [1.82, 2.24) is 10.2 Å². The lowest BCUT2D eigenvalue weighted by atomic mass is 10.1. The van der Waals surface area contributed by atoms with Crippen molar-refractivity contribution in [2.45, 2.75) is 19.0 Å². The Labute approximate surface area is 151 Å². The quantitative estimate of drug-likeness (QED) is 0.365. The van der Waals surface area contributed by atoms with Crippen molar-refractivity contribution in [3.05, 3.63) is 65.2 Å². The van der Waals surface area contributed by atoms with Gasteiger partial charge in [0.15, 0.2) is 0 Å². The third-order valence-corrected chi connectivity index (χ3v) is 4.39. The van der Waals surface area contributed by atoms with E-state index in [9.17, 15) is 9.59 Å². The van der Waals surface area contributed by atoms with Crippen molar-refractivity contribution < 1.29 is 9.59 Å². The largest absolute Gasteiger partial charge is 0.399 e. The third-order valence-electron chi connectivity index (χ3n) is 4.39. The van der Waals surface area contributed by atoms with Crippen LogP contribution in [0.15, 0.2) is 48.5 Å². The van der Waals surface area contributed by atoms with Gasteiger partial charge in [0.2, 0.25) is 5.91 Å². The van der Waals surface area contributed by atoms with Gasteiger partial charge in [-0.15, -0.1) is 0 Å². The summed E-state index contributed by atoms with van der Waals surface area (Å²) in [5, 5.41) is 10.3. The number of carbonyl (C=O) groups excluding carboxylic acids is 2. The molecular weight excluding hydrogens is 330 g/mol. The summed E-state index contributed by atoms with van der Waals surface area (Å²) in [6.07, 6.45) is 0.561. The molecule has 2 aromatic rings. The number of hydrogen-bond acceptors (Lipinski definition) is 4. The average Bonchev–Trinajstić information content (AvgIpc) is 2.96. The molecular formula is C19H21N5O2. The van der Waals surface area contributed by atoms with Gasteiger partial charge in [0.25, 0.3) is 5.91 Å². The number of carbonyl (C=O) groups is 2. The zero-order valence-corrected chi connectivity index (χ0v) is 14.2. The molecule has 134 valence electrons. The van der Waals surface area contributed by atoms with Crippen LogP contribution in [0.4, 0.5) is 5.69 Å². The molecule has 1 fully saturated rings. The SMILES string of the molecule is N=C(N)c1cccc(CN2CC[C@H](NC(=O)c3ccc(N)cc3)C2=O)c1. The smallest absolute Gasteiger partial charge is 0.251 e. The lowest BCUT2D eigenvalue weighted by Gasteiger charge is -2.18. The van der Waals surface area contributed by atoms with Gasteiger partial charge in [0.1, 0.15) is 11.9 Å². The number of hydrogen-bond donors (Lipinski definition) is 4. The highest BCUT2D eigenvalue weighted by Gasteiger charge is 2.32. The fourth-order valence-electron chi connectivity index (χ4n) is 2.96. The van der Waals surface area contributed by atoms with Gasteiger partial charge in [0.05, 0.1) is 0 Å². The van der Waals surface area contributed by atoms with Gasteiger partial charge in [-0.3, -0.25) is 15.0 Å². The molecule has 1 aliphatic heterocycles. The first-order valence-corrected chi connectivity index (χ1v) is 8.32. The van der Waals surface area contributed by atoms with E-state index >= 15 is 0 Å². The Balaban J connectivity index is 1.62. The van der Waals surface area contributed by atoms with Crippen molar-refractivity contribution in [1.29, 1.82) is 5.41 Å². The molecule has 3 rings (SSSR count). The number of rotatable bonds is 5. The lowest BCUT2D eigenvalue weighted by Crippen LogP contribution is -2.41. The molecule has 2 amide bonds. The summed E-state index contributed by atoms with van der Waals surface area (Å²) in [5.74, 6) is -0.404. The summed E-state index contributed by atoms with van der Waals surface area (Å²) in [4.78, 5) is 26.6. The lowest BCUT2D eigenvalue weighted by molar-refractivity contribution is -0.129. The number of amides is 2. The standard InChI is InChI=1S/C19H21N5O2/c20-15-6-4-13(5-7-15)18(25)23-16-8-9-24(19(16)26)11-12-2-1-3-14(10-12)17(21)22/h1-7,10,16H,8-9,11,20H2,(H3,21,22)(H,23,25)/t16-/m0/s1. The maximum absolute atomic E-state index is 12.6. The molecule has 0 saturated carbocycles. The number of nitrogen functional groups attached to an aromatic ring is 2. The van der Waals surface area contributed by atoms with Crippen LogP contribution in [0.1, 0.15) is 27.9 Å². The first kappa shape index (κ1) is 17.5. The molecule has 0 unspecified atom stereocenters. The summed E-state index contributed by atoms with van der Waals surface area (Å²) in [7, 11) is 0. The number of likely N-dealkylation sites (tertiary alicyclic amines) is 1. The van der Waals surface area contributed by atoms with Crippen LogP contribution in [0.2, 0.25) is 0 Å². The monoisotopic (exact) mass is 351 g/mol. The van der Waals surface area contributed by atoms with Crippen molar-refractivity contribution in [3.63, 3.8) is 0 Å². The minimum Gasteiger partial charge on any atom is -0.399 e. The van der Waals surface area contributed by atoms with Crippen LogP contribution in [0.5, 0.6) is 0 Å². The number of amidine groups is 1. The predicted molar refractivity (Wildman–Crippen MR) is 99.6 cm³/mol. The van der Waals surface area contributed by atoms with Crippen LogP contribution in [0, 0.1) is 5.41 Å². The van der Waals surface area contributed by atoms with E-state index in [0.29, 0.717) is 36.3 Å². The molecule has 2 aromatic carbocycles. The molecule has 0 spiro atoms. The number of benzene rings is 2. The maximum Gasteiger partial charge on any atom is 0.251 e. The molecule has 1 saturated heterocycles. The van der Waals surface area contributed by atoms with Gasteiger partial charge in [-0.1, -0.05) is 18.2 Å². The van der Waals surface area contributed by atoms with Crippen molar-refractivity contribution in [3.8, 4) is 0 Å². The first-order valence-electron chi connectivity index (χ1n) is 8.32. The van der Waals surface area contributed by atoms with Crippen LogP contribution >= 0.6 is 0 Å². The highest BCUT2D eigenvalue weighted by Crippen LogP contribution is 2.17. The molecule has 7 heteroatoms. The van der Waals surface area contributed by atoms with Crippen LogP contribution in [-0.2, 0) is 11.3 Å². The number of nitrogens with two attached hydrogens (primary N) is 2. The summed E-state index contributed by atoms with van der Waals surface area (Å²) < 4.78 is 0. The zero-order valence-electron chi connectivity index (χ0n) is 14.2. The second kappa shape index (κ2) is 7.26. The van der Waals surface area contributed by atoms with Crippen molar-refractivity contribution >= 4 is 23.3 Å². The molecule has 0 aliphatic carbocycles. The summed E-state index contributed by atoms with van der Waals surface area (Å²) >= 11 is 0. The van der Waals surface area contributed by atoms with Crippen molar-refractivity contribution in [2.24, 2.45) is 5.73 Å². The highest BCUT2D eigenvalue weighted by atomic mass is 16.2. The Hall–Kier alpha value is -3.35. The predicted octanol–water partition coefficient (Wildman–Crippen LogP) is 1.08. The van der Waals surface area contributed by atoms with Crippen LogP contribution in [0.3, 0.4) is 0 Å². The van der Waals surface area contributed by atoms with Crippen LogP contribution < -0.4 is 16.8 Å². The van der Waals surface area contributed by atoms with Gasteiger partial charge >= 0.3 is 0 Å². The molecule has 0 radical (unpaired) electrons. The molecule has 6 N–H and O–H groups in total.